The molecule has 3 aromatic carbocycles. The molecule has 0 aliphatic carbocycles. The van der Waals surface area contributed by atoms with E-state index in [1.807, 2.05) is 85.8 Å². The predicted octanol–water partition coefficient (Wildman–Crippen LogP) is 3.30. The molecule has 7 heteroatoms. The zero-order chi connectivity index (χ0) is 20.1. The van der Waals surface area contributed by atoms with Crippen molar-refractivity contribution in [2.24, 2.45) is 0 Å². The van der Waals surface area contributed by atoms with Crippen molar-refractivity contribution in [3.63, 3.8) is 0 Å². The molecule has 0 bridgehead atoms. The Balaban J connectivity index is 1.87. The van der Waals surface area contributed by atoms with E-state index in [0.717, 1.165) is 27.6 Å². The Morgan fingerprint density at radius 3 is 1.62 bits per heavy atom. The number of aromatic nitrogens is 6. The molecule has 29 heavy (non-hydrogen) atoms. The third-order valence-corrected chi connectivity index (χ3v) is 5.79. The van der Waals surface area contributed by atoms with Gasteiger partial charge in [-0.15, -0.1) is 10.2 Å². The lowest BCUT2D eigenvalue weighted by Crippen LogP contribution is -2.55. The van der Waals surface area contributed by atoms with Crippen LogP contribution in [0.1, 0.15) is 19.4 Å². The van der Waals surface area contributed by atoms with Crippen LogP contribution in [0.25, 0.3) is 22.1 Å². The average Bonchev–Trinajstić information content (AvgIpc) is 3.38. The number of aliphatic hydroxyl groups is 1. The minimum atomic E-state index is -1.39. The summed E-state index contributed by atoms with van der Waals surface area (Å²) in [6.07, 6.45) is 0. The lowest BCUT2D eigenvalue weighted by molar-refractivity contribution is -0.0843. The van der Waals surface area contributed by atoms with Crippen molar-refractivity contribution in [3.05, 3.63) is 84.4 Å². The highest BCUT2D eigenvalue weighted by atomic mass is 16.3. The molecule has 0 spiro atoms. The van der Waals surface area contributed by atoms with Crippen LogP contribution in [-0.2, 0) is 11.3 Å². The van der Waals surface area contributed by atoms with E-state index in [2.05, 4.69) is 20.6 Å². The van der Waals surface area contributed by atoms with Gasteiger partial charge in [-0.25, -0.2) is 9.36 Å². The van der Waals surface area contributed by atoms with Crippen molar-refractivity contribution in [1.82, 2.24) is 30.0 Å². The first-order valence-corrected chi connectivity index (χ1v) is 9.43. The molecule has 2 aromatic heterocycles. The van der Waals surface area contributed by atoms with Crippen molar-refractivity contribution < 1.29 is 5.11 Å². The van der Waals surface area contributed by atoms with Crippen LogP contribution in [0.15, 0.2) is 78.9 Å². The van der Waals surface area contributed by atoms with Crippen molar-refractivity contribution in [1.29, 1.82) is 0 Å². The Morgan fingerprint density at radius 1 is 0.655 bits per heavy atom. The van der Waals surface area contributed by atoms with Gasteiger partial charge in [0.15, 0.2) is 5.66 Å². The second-order valence-corrected chi connectivity index (χ2v) is 7.44. The number of fused-ring (bicyclic) bond motifs is 2. The standard InChI is InChI=1S/C22H20N6O/c1-21(29,16-10-4-3-5-11-16)22(2,27-19-14-8-6-12-17(19)23-25-27)28-20-15-9-7-13-18(20)24-26-28/h3-15,29H,1-2H3. The molecule has 5 aromatic rings. The van der Waals surface area contributed by atoms with Crippen LogP contribution >= 0.6 is 0 Å². The molecule has 0 amide bonds. The van der Waals surface area contributed by atoms with Gasteiger partial charge in [-0.2, -0.15) is 0 Å². The first kappa shape index (κ1) is 17.5. The Hall–Kier alpha value is -3.58. The summed E-state index contributed by atoms with van der Waals surface area (Å²) in [4.78, 5) is 0. The van der Waals surface area contributed by atoms with Gasteiger partial charge in [-0.05, 0) is 43.7 Å². The summed E-state index contributed by atoms with van der Waals surface area (Å²) in [5.41, 5.74) is 1.28. The van der Waals surface area contributed by atoms with Crippen LogP contribution in [0, 0.1) is 0 Å². The van der Waals surface area contributed by atoms with Crippen molar-refractivity contribution in [3.8, 4) is 0 Å². The van der Waals surface area contributed by atoms with Gasteiger partial charge >= 0.3 is 0 Å². The van der Waals surface area contributed by atoms with Crippen molar-refractivity contribution >= 4 is 22.1 Å². The Morgan fingerprint density at radius 2 is 1.10 bits per heavy atom. The van der Waals surface area contributed by atoms with E-state index in [4.69, 9.17) is 0 Å². The fourth-order valence-corrected chi connectivity index (χ4v) is 3.92. The van der Waals surface area contributed by atoms with Gasteiger partial charge in [-0.1, -0.05) is 65.0 Å². The zero-order valence-corrected chi connectivity index (χ0v) is 16.1. The van der Waals surface area contributed by atoms with Crippen LogP contribution in [0.5, 0.6) is 0 Å². The summed E-state index contributed by atoms with van der Waals surface area (Å²) >= 11 is 0. The second-order valence-electron chi connectivity index (χ2n) is 7.44. The van der Waals surface area contributed by atoms with Crippen molar-refractivity contribution in [2.75, 3.05) is 0 Å². The number of hydrogen-bond donors (Lipinski definition) is 1. The molecule has 0 aliphatic rings. The van der Waals surface area contributed by atoms with Gasteiger partial charge in [0.05, 0.1) is 11.0 Å². The lowest BCUT2D eigenvalue weighted by Gasteiger charge is -2.43. The van der Waals surface area contributed by atoms with Crippen LogP contribution in [0.4, 0.5) is 0 Å². The summed E-state index contributed by atoms with van der Waals surface area (Å²) in [6, 6.07) is 24.9. The molecule has 2 heterocycles. The smallest absolute Gasteiger partial charge is 0.188 e. The number of para-hydroxylation sites is 2. The number of hydrogen-bond acceptors (Lipinski definition) is 5. The second kappa shape index (κ2) is 6.22. The Kier molecular flexibility index (Phi) is 3.75. The SMILES string of the molecule is CC(O)(c1ccccc1)C(C)(n1nnc2ccccc21)n1nnc2ccccc21. The summed E-state index contributed by atoms with van der Waals surface area (Å²) in [5, 5.41) is 29.5. The first-order chi connectivity index (χ1) is 14.0. The van der Waals surface area contributed by atoms with Gasteiger partial charge in [0, 0.05) is 0 Å². The van der Waals surface area contributed by atoms with Gasteiger partial charge in [0.2, 0.25) is 0 Å². The summed E-state index contributed by atoms with van der Waals surface area (Å²) in [5.74, 6) is 0. The third-order valence-electron chi connectivity index (χ3n) is 5.79. The molecule has 1 N–H and O–H groups in total. The molecule has 144 valence electrons. The van der Waals surface area contributed by atoms with E-state index in [1.54, 1.807) is 16.3 Å². The quantitative estimate of drug-likeness (QED) is 0.514. The van der Waals surface area contributed by atoms with Gasteiger partial charge in [0.1, 0.15) is 16.6 Å². The molecule has 0 saturated heterocycles. The third kappa shape index (κ3) is 2.41. The van der Waals surface area contributed by atoms with Gasteiger partial charge in [-0.3, -0.25) is 0 Å². The number of benzene rings is 3. The van der Waals surface area contributed by atoms with Gasteiger partial charge < -0.3 is 5.11 Å². The minimum absolute atomic E-state index is 0.738. The molecule has 1 atom stereocenters. The van der Waals surface area contributed by atoms with E-state index < -0.39 is 11.3 Å². The molecular weight excluding hydrogens is 364 g/mol. The summed E-state index contributed by atoms with van der Waals surface area (Å²) in [6.45, 7) is 3.68. The average molecular weight is 384 g/mol. The number of rotatable bonds is 4. The topological polar surface area (TPSA) is 81.6 Å². The molecule has 0 radical (unpaired) electrons. The van der Waals surface area contributed by atoms with E-state index in [1.165, 1.54) is 0 Å². The lowest BCUT2D eigenvalue weighted by atomic mass is 9.83. The van der Waals surface area contributed by atoms with Crippen molar-refractivity contribution in [2.45, 2.75) is 25.1 Å². The molecule has 1 unspecified atom stereocenters. The minimum Gasteiger partial charge on any atom is -0.381 e. The van der Waals surface area contributed by atoms with Crippen LogP contribution in [-0.4, -0.2) is 35.1 Å². The maximum Gasteiger partial charge on any atom is 0.188 e. The highest BCUT2D eigenvalue weighted by Crippen LogP contribution is 2.41. The highest BCUT2D eigenvalue weighted by molar-refractivity contribution is 5.76. The highest BCUT2D eigenvalue weighted by Gasteiger charge is 2.51. The fourth-order valence-electron chi connectivity index (χ4n) is 3.92. The molecule has 0 aliphatic heterocycles. The monoisotopic (exact) mass is 384 g/mol. The maximum absolute atomic E-state index is 12.0. The normalized spacial score (nSPS) is 14.3. The fraction of sp³-hybridized carbons (Fsp3) is 0.182. The Bertz CT molecular complexity index is 1230. The molecule has 5 rings (SSSR count). The van der Waals surface area contributed by atoms with E-state index in [-0.39, 0.29) is 0 Å². The maximum atomic E-state index is 12.0. The van der Waals surface area contributed by atoms with E-state index >= 15 is 0 Å². The molecule has 0 fully saturated rings. The van der Waals surface area contributed by atoms with Crippen LogP contribution < -0.4 is 0 Å². The molecule has 7 nitrogen and oxygen atoms in total. The Labute approximate surface area is 167 Å². The first-order valence-electron chi connectivity index (χ1n) is 9.43. The molecule has 0 saturated carbocycles. The molecular formula is C22H20N6O. The zero-order valence-electron chi connectivity index (χ0n) is 16.1. The predicted molar refractivity (Wildman–Crippen MR) is 110 cm³/mol. The summed E-state index contributed by atoms with van der Waals surface area (Å²) < 4.78 is 3.47. The van der Waals surface area contributed by atoms with E-state index in [9.17, 15) is 5.11 Å². The number of nitrogens with zero attached hydrogens (tertiary/aromatic N) is 6. The van der Waals surface area contributed by atoms with E-state index in [0.29, 0.717) is 0 Å². The van der Waals surface area contributed by atoms with Gasteiger partial charge in [0.25, 0.3) is 0 Å². The van der Waals surface area contributed by atoms with Crippen LogP contribution in [0.3, 0.4) is 0 Å². The largest absolute Gasteiger partial charge is 0.381 e. The summed E-state index contributed by atoms with van der Waals surface area (Å²) in [7, 11) is 0. The van der Waals surface area contributed by atoms with Crippen LogP contribution in [0.2, 0.25) is 0 Å².